The molecule has 1 aromatic heterocycles. The Balaban J connectivity index is 1.86. The van der Waals surface area contributed by atoms with Crippen molar-refractivity contribution in [2.24, 2.45) is 0 Å². The summed E-state index contributed by atoms with van der Waals surface area (Å²) in [7, 11) is 0. The molecular weight excluding hydrogens is 277 g/mol. The molecule has 9 heteroatoms. The first-order valence-corrected chi connectivity index (χ1v) is 6.30. The van der Waals surface area contributed by atoms with E-state index in [-0.39, 0.29) is 18.3 Å². The maximum absolute atomic E-state index is 12.9. The number of alkyl halides is 3. The SMILES string of the molecule is O=[N+]([O-])c1cnn(C2CCN(CC(F)C(F)F)CC2)c1. The molecule has 0 aromatic carbocycles. The normalized spacial score (nSPS) is 19.4. The van der Waals surface area contributed by atoms with E-state index in [2.05, 4.69) is 5.10 Å². The molecule has 20 heavy (non-hydrogen) atoms. The fourth-order valence-corrected chi connectivity index (χ4v) is 2.31. The minimum Gasteiger partial charge on any atom is -0.300 e. The smallest absolute Gasteiger partial charge is 0.300 e. The van der Waals surface area contributed by atoms with Gasteiger partial charge in [-0.25, -0.2) is 13.2 Å². The lowest BCUT2D eigenvalue weighted by Crippen LogP contribution is -2.40. The second-order valence-electron chi connectivity index (χ2n) is 4.82. The van der Waals surface area contributed by atoms with Crippen molar-refractivity contribution in [3.8, 4) is 0 Å². The summed E-state index contributed by atoms with van der Waals surface area (Å²) in [5.74, 6) is 0. The molecule has 2 heterocycles. The van der Waals surface area contributed by atoms with E-state index < -0.39 is 17.5 Å². The molecule has 6 nitrogen and oxygen atoms in total. The van der Waals surface area contributed by atoms with Crippen LogP contribution >= 0.6 is 0 Å². The average Bonchev–Trinajstić information content (AvgIpc) is 2.89. The Labute approximate surface area is 113 Å². The van der Waals surface area contributed by atoms with Gasteiger partial charge in [-0.05, 0) is 12.8 Å². The number of hydrogen-bond donors (Lipinski definition) is 0. The average molecular weight is 292 g/mol. The van der Waals surface area contributed by atoms with Crippen LogP contribution < -0.4 is 0 Å². The van der Waals surface area contributed by atoms with Crippen LogP contribution in [0.3, 0.4) is 0 Å². The van der Waals surface area contributed by atoms with Crippen molar-refractivity contribution in [3.05, 3.63) is 22.5 Å². The van der Waals surface area contributed by atoms with Crippen molar-refractivity contribution < 1.29 is 18.1 Å². The molecule has 1 atom stereocenters. The second-order valence-corrected chi connectivity index (χ2v) is 4.82. The maximum atomic E-state index is 12.9. The summed E-state index contributed by atoms with van der Waals surface area (Å²) < 4.78 is 38.7. The molecule has 1 aromatic rings. The Bertz CT molecular complexity index is 460. The van der Waals surface area contributed by atoms with Crippen LogP contribution in [-0.4, -0.2) is 51.8 Å². The van der Waals surface area contributed by atoms with Crippen LogP contribution in [0.2, 0.25) is 0 Å². The molecule has 1 unspecified atom stereocenters. The third-order valence-corrected chi connectivity index (χ3v) is 3.44. The standard InChI is InChI=1S/C11H15F3N4O2/c12-10(11(13)14)7-16-3-1-8(2-4-16)17-6-9(5-15-17)18(19)20/h5-6,8,10-11H,1-4,7H2. The van der Waals surface area contributed by atoms with E-state index in [1.54, 1.807) is 4.90 Å². The maximum Gasteiger partial charge on any atom is 0.307 e. The Morgan fingerprint density at radius 2 is 2.05 bits per heavy atom. The summed E-state index contributed by atoms with van der Waals surface area (Å²) in [6.07, 6.45) is -1.33. The molecule has 1 aliphatic heterocycles. The van der Waals surface area contributed by atoms with E-state index in [1.165, 1.54) is 17.1 Å². The highest BCUT2D eigenvalue weighted by Crippen LogP contribution is 2.24. The van der Waals surface area contributed by atoms with Gasteiger partial charge in [-0.1, -0.05) is 0 Å². The Hall–Kier alpha value is -1.64. The van der Waals surface area contributed by atoms with Gasteiger partial charge in [0.2, 0.25) is 0 Å². The number of aromatic nitrogens is 2. The topological polar surface area (TPSA) is 64.2 Å². The summed E-state index contributed by atoms with van der Waals surface area (Å²) >= 11 is 0. The molecule has 0 N–H and O–H groups in total. The summed E-state index contributed by atoms with van der Waals surface area (Å²) in [6.45, 7) is 0.681. The lowest BCUT2D eigenvalue weighted by Gasteiger charge is -2.32. The van der Waals surface area contributed by atoms with E-state index >= 15 is 0 Å². The molecule has 112 valence electrons. The number of nitrogens with zero attached hydrogens (tertiary/aromatic N) is 4. The van der Waals surface area contributed by atoms with Crippen LogP contribution in [0, 0.1) is 10.1 Å². The van der Waals surface area contributed by atoms with Crippen LogP contribution in [0.25, 0.3) is 0 Å². The Morgan fingerprint density at radius 1 is 1.40 bits per heavy atom. The van der Waals surface area contributed by atoms with Gasteiger partial charge in [0, 0.05) is 19.6 Å². The summed E-state index contributed by atoms with van der Waals surface area (Å²) in [4.78, 5) is 11.7. The van der Waals surface area contributed by atoms with Gasteiger partial charge in [0.15, 0.2) is 6.17 Å². The number of hydrogen-bond acceptors (Lipinski definition) is 4. The predicted molar refractivity (Wildman–Crippen MR) is 64.5 cm³/mol. The molecule has 0 bridgehead atoms. The van der Waals surface area contributed by atoms with Gasteiger partial charge in [-0.3, -0.25) is 14.8 Å². The van der Waals surface area contributed by atoms with E-state index in [4.69, 9.17) is 0 Å². The Kier molecular flexibility index (Phi) is 4.58. The first-order valence-electron chi connectivity index (χ1n) is 6.30. The highest BCUT2D eigenvalue weighted by atomic mass is 19.3. The first-order chi connectivity index (χ1) is 9.47. The quantitative estimate of drug-likeness (QED) is 0.615. The van der Waals surface area contributed by atoms with Crippen LogP contribution in [0.5, 0.6) is 0 Å². The molecule has 0 amide bonds. The van der Waals surface area contributed by atoms with Gasteiger partial charge >= 0.3 is 5.69 Å². The number of piperidine rings is 1. The molecular formula is C11H15F3N4O2. The third-order valence-electron chi connectivity index (χ3n) is 3.44. The lowest BCUT2D eigenvalue weighted by atomic mass is 10.1. The summed E-state index contributed by atoms with van der Waals surface area (Å²) in [5.41, 5.74) is -0.0750. The van der Waals surface area contributed by atoms with Crippen LogP contribution in [0.15, 0.2) is 12.4 Å². The van der Waals surface area contributed by atoms with Crippen molar-refractivity contribution in [1.29, 1.82) is 0 Å². The highest BCUT2D eigenvalue weighted by molar-refractivity contribution is 5.21. The van der Waals surface area contributed by atoms with Gasteiger partial charge in [-0.2, -0.15) is 5.10 Å². The predicted octanol–water partition coefficient (Wildman–Crippen LogP) is 2.03. The van der Waals surface area contributed by atoms with Crippen LogP contribution in [0.1, 0.15) is 18.9 Å². The van der Waals surface area contributed by atoms with Crippen molar-refractivity contribution in [1.82, 2.24) is 14.7 Å². The van der Waals surface area contributed by atoms with Gasteiger partial charge in [0.05, 0.1) is 11.0 Å². The first kappa shape index (κ1) is 14.8. The Morgan fingerprint density at radius 3 is 2.55 bits per heavy atom. The van der Waals surface area contributed by atoms with E-state index in [0.717, 1.165) is 0 Å². The van der Waals surface area contributed by atoms with Crippen molar-refractivity contribution in [2.45, 2.75) is 31.5 Å². The van der Waals surface area contributed by atoms with Crippen molar-refractivity contribution >= 4 is 5.69 Å². The zero-order chi connectivity index (χ0) is 14.7. The van der Waals surface area contributed by atoms with E-state index in [9.17, 15) is 23.3 Å². The van der Waals surface area contributed by atoms with Gasteiger partial charge in [0.25, 0.3) is 6.43 Å². The fraction of sp³-hybridized carbons (Fsp3) is 0.727. The van der Waals surface area contributed by atoms with Crippen LogP contribution in [0.4, 0.5) is 18.9 Å². The molecule has 1 saturated heterocycles. The number of likely N-dealkylation sites (tertiary alicyclic amines) is 1. The van der Waals surface area contributed by atoms with E-state index in [0.29, 0.717) is 25.9 Å². The lowest BCUT2D eigenvalue weighted by molar-refractivity contribution is -0.385. The minimum absolute atomic E-state index is 0.00967. The van der Waals surface area contributed by atoms with Gasteiger partial charge < -0.3 is 4.90 Å². The largest absolute Gasteiger partial charge is 0.307 e. The van der Waals surface area contributed by atoms with Crippen molar-refractivity contribution in [3.63, 3.8) is 0 Å². The highest BCUT2D eigenvalue weighted by Gasteiger charge is 2.27. The van der Waals surface area contributed by atoms with Gasteiger partial charge in [-0.15, -0.1) is 0 Å². The number of halogens is 3. The molecule has 2 rings (SSSR count). The van der Waals surface area contributed by atoms with Crippen molar-refractivity contribution in [2.75, 3.05) is 19.6 Å². The molecule has 0 radical (unpaired) electrons. The van der Waals surface area contributed by atoms with Gasteiger partial charge in [0.1, 0.15) is 12.4 Å². The van der Waals surface area contributed by atoms with E-state index in [1.807, 2.05) is 0 Å². The fourth-order valence-electron chi connectivity index (χ4n) is 2.31. The minimum atomic E-state index is -2.96. The zero-order valence-corrected chi connectivity index (χ0v) is 10.7. The number of nitro groups is 1. The number of rotatable bonds is 5. The molecule has 1 fully saturated rings. The zero-order valence-electron chi connectivity index (χ0n) is 10.7. The molecule has 1 aliphatic rings. The third kappa shape index (κ3) is 3.47. The monoisotopic (exact) mass is 292 g/mol. The second kappa shape index (κ2) is 6.21. The molecule has 0 aliphatic carbocycles. The summed E-state index contributed by atoms with van der Waals surface area (Å²) in [6, 6.07) is -0.00967. The molecule has 0 saturated carbocycles. The van der Waals surface area contributed by atoms with Crippen LogP contribution in [-0.2, 0) is 0 Å². The summed E-state index contributed by atoms with van der Waals surface area (Å²) in [5, 5.41) is 14.5. The molecule has 0 spiro atoms.